The normalized spacial score (nSPS) is 10.2. The number of anilines is 1. The third-order valence-electron chi connectivity index (χ3n) is 2.51. The van der Waals surface area contributed by atoms with Gasteiger partial charge in [-0.3, -0.25) is 10.1 Å². The van der Waals surface area contributed by atoms with Crippen LogP contribution in [0.3, 0.4) is 0 Å². The molecule has 1 aromatic carbocycles. The van der Waals surface area contributed by atoms with E-state index in [0.29, 0.717) is 18.2 Å². The van der Waals surface area contributed by atoms with Gasteiger partial charge in [-0.05, 0) is 6.07 Å². The van der Waals surface area contributed by atoms with Gasteiger partial charge in [0.2, 0.25) is 5.95 Å². The second kappa shape index (κ2) is 5.96. The molecule has 2 aromatic rings. The Morgan fingerprint density at radius 1 is 1.47 bits per heavy atom. The lowest BCUT2D eigenvalue weighted by Gasteiger charge is -2.09. The Kier molecular flexibility index (Phi) is 4.09. The molecule has 0 unspecified atom stereocenters. The van der Waals surface area contributed by atoms with Crippen LogP contribution in [0.15, 0.2) is 30.6 Å². The van der Waals surface area contributed by atoms with Crippen LogP contribution in [0.25, 0.3) is 0 Å². The summed E-state index contributed by atoms with van der Waals surface area (Å²) < 4.78 is 6.89. The lowest BCUT2D eigenvalue weighted by Crippen LogP contribution is -2.22. The third-order valence-corrected chi connectivity index (χ3v) is 2.51. The van der Waals surface area contributed by atoms with E-state index in [1.807, 2.05) is 18.2 Å². The van der Waals surface area contributed by atoms with Gasteiger partial charge in [-0.1, -0.05) is 18.2 Å². The molecule has 0 fully saturated rings. The van der Waals surface area contributed by atoms with E-state index in [2.05, 4.69) is 15.4 Å². The van der Waals surface area contributed by atoms with Crippen molar-refractivity contribution in [3.63, 3.8) is 0 Å². The maximum atomic E-state index is 11.7. The largest absolute Gasteiger partial charge is 0.483 e. The van der Waals surface area contributed by atoms with Crippen molar-refractivity contribution in [2.24, 2.45) is 12.8 Å². The van der Waals surface area contributed by atoms with Gasteiger partial charge in [-0.15, -0.1) is 0 Å². The van der Waals surface area contributed by atoms with Crippen LogP contribution < -0.4 is 15.8 Å². The van der Waals surface area contributed by atoms with Gasteiger partial charge in [0.1, 0.15) is 12.1 Å². The molecule has 0 atom stereocenters. The van der Waals surface area contributed by atoms with Crippen molar-refractivity contribution in [1.29, 1.82) is 0 Å². The number of aromatic nitrogens is 3. The summed E-state index contributed by atoms with van der Waals surface area (Å²) in [4.78, 5) is 15.6. The van der Waals surface area contributed by atoms with E-state index in [-0.39, 0.29) is 12.5 Å². The maximum absolute atomic E-state index is 11.7. The number of nitrogens with two attached hydrogens (primary N) is 1. The predicted octanol–water partition coefficient (Wildman–Crippen LogP) is 0.291. The molecule has 0 spiro atoms. The number of hydrogen-bond donors (Lipinski definition) is 2. The minimum atomic E-state index is -0.303. The van der Waals surface area contributed by atoms with Gasteiger partial charge in [-0.2, -0.15) is 10.1 Å². The Morgan fingerprint density at radius 3 is 2.95 bits per heavy atom. The molecule has 7 nitrogen and oxygen atoms in total. The van der Waals surface area contributed by atoms with Gasteiger partial charge in [0.25, 0.3) is 5.91 Å². The number of ether oxygens (including phenoxy) is 1. The lowest BCUT2D eigenvalue weighted by atomic mass is 10.2. The van der Waals surface area contributed by atoms with Crippen molar-refractivity contribution >= 4 is 11.9 Å². The predicted molar refractivity (Wildman–Crippen MR) is 69.5 cm³/mol. The second-order valence-corrected chi connectivity index (χ2v) is 3.86. The molecule has 0 aliphatic carbocycles. The van der Waals surface area contributed by atoms with E-state index in [9.17, 15) is 4.79 Å². The zero-order chi connectivity index (χ0) is 13.7. The highest BCUT2D eigenvalue weighted by atomic mass is 16.5. The van der Waals surface area contributed by atoms with Gasteiger partial charge in [0.15, 0.2) is 6.61 Å². The quantitative estimate of drug-likeness (QED) is 0.806. The summed E-state index contributed by atoms with van der Waals surface area (Å²) in [5, 5.41) is 6.44. The summed E-state index contributed by atoms with van der Waals surface area (Å²) >= 11 is 0. The standard InChI is InChI=1S/C12H15N5O2/c1-17-12(14-8-15-17)16-11(18)7-19-10-5-3-2-4-9(10)6-13/h2-5,8H,6-7,13H2,1H3,(H,14,15,16,18). The highest BCUT2D eigenvalue weighted by Crippen LogP contribution is 2.16. The Balaban J connectivity index is 1.92. The Hall–Kier alpha value is -2.41. The van der Waals surface area contributed by atoms with Crippen molar-refractivity contribution in [3.05, 3.63) is 36.2 Å². The van der Waals surface area contributed by atoms with Crippen LogP contribution in [-0.4, -0.2) is 27.3 Å². The molecule has 100 valence electrons. The molecule has 3 N–H and O–H groups in total. The molecule has 1 aromatic heterocycles. The fourth-order valence-corrected chi connectivity index (χ4v) is 1.53. The number of aryl methyl sites for hydroxylation is 1. The van der Waals surface area contributed by atoms with Crippen LogP contribution >= 0.6 is 0 Å². The first-order chi connectivity index (χ1) is 9.20. The number of rotatable bonds is 5. The molecule has 1 heterocycles. The molecule has 0 aliphatic heterocycles. The fourth-order valence-electron chi connectivity index (χ4n) is 1.53. The number of benzene rings is 1. The van der Waals surface area contributed by atoms with Gasteiger partial charge >= 0.3 is 0 Å². The topological polar surface area (TPSA) is 95.1 Å². The smallest absolute Gasteiger partial charge is 0.264 e. The average Bonchev–Trinajstić information content (AvgIpc) is 2.82. The molecule has 7 heteroatoms. The molecule has 0 saturated carbocycles. The minimum Gasteiger partial charge on any atom is -0.483 e. The van der Waals surface area contributed by atoms with Gasteiger partial charge in [-0.25, -0.2) is 4.68 Å². The van der Waals surface area contributed by atoms with E-state index in [0.717, 1.165) is 5.56 Å². The molecular weight excluding hydrogens is 246 g/mol. The minimum absolute atomic E-state index is 0.107. The number of carbonyl (C=O) groups is 1. The molecule has 0 bridgehead atoms. The number of hydrogen-bond acceptors (Lipinski definition) is 5. The van der Waals surface area contributed by atoms with Crippen molar-refractivity contribution in [3.8, 4) is 5.75 Å². The summed E-state index contributed by atoms with van der Waals surface area (Å²) in [5.41, 5.74) is 6.44. The van der Waals surface area contributed by atoms with E-state index in [1.165, 1.54) is 11.0 Å². The first-order valence-electron chi connectivity index (χ1n) is 5.75. The second-order valence-electron chi connectivity index (χ2n) is 3.86. The van der Waals surface area contributed by atoms with Crippen molar-refractivity contribution in [2.75, 3.05) is 11.9 Å². The highest BCUT2D eigenvalue weighted by Gasteiger charge is 2.08. The van der Waals surface area contributed by atoms with Crippen LogP contribution in [0.2, 0.25) is 0 Å². The first-order valence-corrected chi connectivity index (χ1v) is 5.75. The first kappa shape index (κ1) is 13.0. The van der Waals surface area contributed by atoms with Crippen molar-refractivity contribution in [2.45, 2.75) is 6.54 Å². The van der Waals surface area contributed by atoms with Crippen molar-refractivity contribution < 1.29 is 9.53 Å². The molecule has 0 radical (unpaired) electrons. The third kappa shape index (κ3) is 3.29. The summed E-state index contributed by atoms with van der Waals surface area (Å²) in [5.74, 6) is 0.682. The monoisotopic (exact) mass is 261 g/mol. The highest BCUT2D eigenvalue weighted by molar-refractivity contribution is 5.90. The number of amides is 1. The van der Waals surface area contributed by atoms with Crippen LogP contribution in [0.1, 0.15) is 5.56 Å². The molecule has 0 saturated heterocycles. The van der Waals surface area contributed by atoms with Crippen LogP contribution in [0, 0.1) is 0 Å². The number of carbonyl (C=O) groups excluding carboxylic acids is 1. The molecular formula is C12H15N5O2. The Morgan fingerprint density at radius 2 is 2.26 bits per heavy atom. The van der Waals surface area contributed by atoms with Gasteiger partial charge in [0, 0.05) is 19.2 Å². The molecule has 19 heavy (non-hydrogen) atoms. The van der Waals surface area contributed by atoms with Crippen LogP contribution in [0.4, 0.5) is 5.95 Å². The molecule has 0 aliphatic rings. The van der Waals surface area contributed by atoms with E-state index >= 15 is 0 Å². The summed E-state index contributed by atoms with van der Waals surface area (Å²) in [6, 6.07) is 7.33. The van der Waals surface area contributed by atoms with Gasteiger partial charge in [0.05, 0.1) is 0 Å². The number of nitrogens with zero attached hydrogens (tertiary/aromatic N) is 3. The number of para-hydroxylation sites is 1. The van der Waals surface area contributed by atoms with Gasteiger partial charge < -0.3 is 10.5 Å². The summed E-state index contributed by atoms with van der Waals surface area (Å²) in [6.07, 6.45) is 1.36. The summed E-state index contributed by atoms with van der Waals surface area (Å²) in [6.45, 7) is 0.255. The maximum Gasteiger partial charge on any atom is 0.264 e. The van der Waals surface area contributed by atoms with E-state index < -0.39 is 0 Å². The van der Waals surface area contributed by atoms with E-state index in [1.54, 1.807) is 13.1 Å². The zero-order valence-electron chi connectivity index (χ0n) is 10.5. The zero-order valence-corrected chi connectivity index (χ0v) is 10.5. The Labute approximate surface area is 110 Å². The van der Waals surface area contributed by atoms with Crippen LogP contribution in [0.5, 0.6) is 5.75 Å². The number of nitrogens with one attached hydrogen (secondary N) is 1. The van der Waals surface area contributed by atoms with Crippen molar-refractivity contribution in [1.82, 2.24) is 14.8 Å². The Bertz CT molecular complexity index is 567. The van der Waals surface area contributed by atoms with E-state index in [4.69, 9.17) is 10.5 Å². The lowest BCUT2D eigenvalue weighted by molar-refractivity contribution is -0.118. The fraction of sp³-hybridized carbons (Fsp3) is 0.250. The average molecular weight is 261 g/mol. The molecule has 2 rings (SSSR count). The summed E-state index contributed by atoms with van der Waals surface area (Å²) in [7, 11) is 1.69. The SMILES string of the molecule is Cn1ncnc1NC(=O)COc1ccccc1CN. The molecule has 1 amide bonds. The van der Waals surface area contributed by atoms with Crippen LogP contribution in [-0.2, 0) is 18.4 Å².